The van der Waals surface area contributed by atoms with Crippen molar-refractivity contribution in [3.05, 3.63) is 29.8 Å². The van der Waals surface area contributed by atoms with Gasteiger partial charge in [-0.25, -0.2) is 0 Å². The zero-order valence-electron chi connectivity index (χ0n) is 12.0. The lowest BCUT2D eigenvalue weighted by molar-refractivity contribution is -0.117. The number of nitrogens with one attached hydrogen (secondary N) is 2. The van der Waals surface area contributed by atoms with Crippen LogP contribution in [0, 0.1) is 0 Å². The second-order valence-electron chi connectivity index (χ2n) is 5.24. The van der Waals surface area contributed by atoms with Crippen LogP contribution >= 0.6 is 0 Å². The largest absolute Gasteiger partial charge is 0.324 e. The van der Waals surface area contributed by atoms with Crippen molar-refractivity contribution in [1.82, 2.24) is 10.2 Å². The molecule has 0 spiro atoms. The van der Waals surface area contributed by atoms with Gasteiger partial charge in [-0.05, 0) is 26.0 Å². The first-order chi connectivity index (χ1) is 9.56. The lowest BCUT2D eigenvalue weighted by Gasteiger charge is -2.31. The first-order valence-corrected chi connectivity index (χ1v) is 6.92. The average molecular weight is 275 g/mol. The summed E-state index contributed by atoms with van der Waals surface area (Å²) in [6.07, 6.45) is 0. The number of nitrogens with zero attached hydrogens (tertiary/aromatic N) is 1. The molecule has 0 aliphatic carbocycles. The van der Waals surface area contributed by atoms with Crippen molar-refractivity contribution in [1.29, 1.82) is 0 Å². The molecule has 0 radical (unpaired) electrons. The third-order valence-electron chi connectivity index (χ3n) is 3.40. The van der Waals surface area contributed by atoms with E-state index in [9.17, 15) is 9.59 Å². The molecule has 1 atom stereocenters. The normalized spacial score (nSPS) is 19.6. The van der Waals surface area contributed by atoms with Crippen molar-refractivity contribution in [3.8, 4) is 0 Å². The minimum absolute atomic E-state index is 0.0447. The highest BCUT2D eigenvalue weighted by atomic mass is 16.2. The van der Waals surface area contributed by atoms with Crippen molar-refractivity contribution in [2.75, 3.05) is 31.5 Å². The van der Waals surface area contributed by atoms with Gasteiger partial charge >= 0.3 is 0 Å². The van der Waals surface area contributed by atoms with Gasteiger partial charge in [-0.15, -0.1) is 0 Å². The van der Waals surface area contributed by atoms with E-state index in [1.807, 2.05) is 6.07 Å². The van der Waals surface area contributed by atoms with E-state index in [-0.39, 0.29) is 11.7 Å². The van der Waals surface area contributed by atoms with Gasteiger partial charge in [0.1, 0.15) is 0 Å². The lowest BCUT2D eigenvalue weighted by Crippen LogP contribution is -2.51. The van der Waals surface area contributed by atoms with Crippen molar-refractivity contribution in [2.24, 2.45) is 0 Å². The molecule has 0 aromatic heterocycles. The number of hydrogen-bond acceptors (Lipinski definition) is 4. The van der Waals surface area contributed by atoms with E-state index in [1.165, 1.54) is 6.92 Å². The molecule has 5 heteroatoms. The highest BCUT2D eigenvalue weighted by Gasteiger charge is 2.18. The zero-order chi connectivity index (χ0) is 14.5. The molecule has 0 bridgehead atoms. The van der Waals surface area contributed by atoms with Gasteiger partial charge in [-0.2, -0.15) is 0 Å². The Balaban J connectivity index is 1.96. The lowest BCUT2D eigenvalue weighted by atomic mass is 10.1. The summed E-state index contributed by atoms with van der Waals surface area (Å²) in [4.78, 5) is 25.7. The van der Waals surface area contributed by atoms with Crippen LogP contribution < -0.4 is 10.6 Å². The first-order valence-electron chi connectivity index (χ1n) is 6.92. The summed E-state index contributed by atoms with van der Waals surface area (Å²) in [5.74, 6) is -0.121. The molecule has 0 saturated carbocycles. The standard InChI is InChI=1S/C15H21N3O2/c1-11-9-18(8-7-16-11)10-15(20)17-14-6-4-3-5-13(14)12(2)19/h3-6,11,16H,7-10H2,1-2H3,(H,17,20). The number of ketones is 1. The molecule has 1 aromatic carbocycles. The summed E-state index contributed by atoms with van der Waals surface area (Å²) in [6, 6.07) is 7.50. The number of rotatable bonds is 4. The fourth-order valence-corrected chi connectivity index (χ4v) is 2.45. The predicted molar refractivity (Wildman–Crippen MR) is 79.0 cm³/mol. The van der Waals surface area contributed by atoms with Crippen LogP contribution in [-0.4, -0.2) is 48.8 Å². The minimum atomic E-state index is -0.0761. The molecule has 2 N–H and O–H groups in total. The van der Waals surface area contributed by atoms with Crippen LogP contribution in [0.25, 0.3) is 0 Å². The van der Waals surface area contributed by atoms with Crippen LogP contribution in [0.3, 0.4) is 0 Å². The van der Waals surface area contributed by atoms with Crippen LogP contribution in [-0.2, 0) is 4.79 Å². The molecule has 1 amide bonds. The molecule has 1 aromatic rings. The molecule has 1 aliphatic heterocycles. The average Bonchev–Trinajstić information content (AvgIpc) is 2.38. The number of piperazine rings is 1. The van der Waals surface area contributed by atoms with Crippen molar-refractivity contribution >= 4 is 17.4 Å². The van der Waals surface area contributed by atoms with Crippen molar-refractivity contribution in [2.45, 2.75) is 19.9 Å². The molecular weight excluding hydrogens is 254 g/mol. The summed E-state index contributed by atoms with van der Waals surface area (Å²) < 4.78 is 0. The van der Waals surface area contributed by atoms with E-state index < -0.39 is 0 Å². The Morgan fingerprint density at radius 3 is 2.85 bits per heavy atom. The molecule has 1 heterocycles. The number of carbonyl (C=O) groups is 2. The third-order valence-corrected chi connectivity index (χ3v) is 3.40. The van der Waals surface area contributed by atoms with Gasteiger partial charge in [0.15, 0.2) is 5.78 Å². The third kappa shape index (κ3) is 3.88. The van der Waals surface area contributed by atoms with Crippen molar-refractivity contribution < 1.29 is 9.59 Å². The van der Waals surface area contributed by atoms with E-state index in [4.69, 9.17) is 0 Å². The molecule has 20 heavy (non-hydrogen) atoms. The monoisotopic (exact) mass is 275 g/mol. The van der Waals surface area contributed by atoms with Gasteiger partial charge in [-0.1, -0.05) is 12.1 Å². The van der Waals surface area contributed by atoms with E-state index in [2.05, 4.69) is 22.5 Å². The molecule has 1 fully saturated rings. The van der Waals surface area contributed by atoms with Crippen LogP contribution in [0.5, 0.6) is 0 Å². The maximum atomic E-state index is 12.1. The van der Waals surface area contributed by atoms with E-state index in [1.54, 1.807) is 18.2 Å². The Morgan fingerprint density at radius 1 is 1.40 bits per heavy atom. The highest BCUT2D eigenvalue weighted by molar-refractivity contribution is 6.04. The zero-order valence-corrected chi connectivity index (χ0v) is 12.0. The number of para-hydroxylation sites is 1. The quantitative estimate of drug-likeness (QED) is 0.808. The van der Waals surface area contributed by atoms with E-state index in [0.29, 0.717) is 23.8 Å². The Kier molecular flexibility index (Phi) is 4.87. The van der Waals surface area contributed by atoms with Crippen LogP contribution in [0.4, 0.5) is 5.69 Å². The number of carbonyl (C=O) groups excluding carboxylic acids is 2. The Morgan fingerprint density at radius 2 is 2.15 bits per heavy atom. The summed E-state index contributed by atoms with van der Waals surface area (Å²) in [5.41, 5.74) is 1.14. The summed E-state index contributed by atoms with van der Waals surface area (Å²) >= 11 is 0. The van der Waals surface area contributed by atoms with Gasteiger partial charge in [0, 0.05) is 31.2 Å². The van der Waals surface area contributed by atoms with Gasteiger partial charge in [0.2, 0.25) is 5.91 Å². The topological polar surface area (TPSA) is 61.4 Å². The SMILES string of the molecule is CC(=O)c1ccccc1NC(=O)CN1CCNC(C)C1. The highest BCUT2D eigenvalue weighted by Crippen LogP contribution is 2.15. The van der Waals surface area contributed by atoms with Gasteiger partial charge in [-0.3, -0.25) is 14.5 Å². The Bertz CT molecular complexity index is 502. The minimum Gasteiger partial charge on any atom is -0.324 e. The molecule has 1 saturated heterocycles. The Hall–Kier alpha value is -1.72. The molecular formula is C15H21N3O2. The number of anilines is 1. The molecule has 2 rings (SSSR count). The predicted octanol–water partition coefficient (Wildman–Crippen LogP) is 1.12. The fraction of sp³-hybridized carbons (Fsp3) is 0.467. The number of Topliss-reactive ketones (excluding diaryl/α,β-unsaturated/α-hetero) is 1. The van der Waals surface area contributed by atoms with E-state index in [0.717, 1.165) is 19.6 Å². The summed E-state index contributed by atoms with van der Waals surface area (Å²) in [6.45, 7) is 6.60. The van der Waals surface area contributed by atoms with Crippen LogP contribution in [0.2, 0.25) is 0 Å². The van der Waals surface area contributed by atoms with Gasteiger partial charge in [0.25, 0.3) is 0 Å². The second kappa shape index (κ2) is 6.63. The maximum absolute atomic E-state index is 12.1. The fourth-order valence-electron chi connectivity index (χ4n) is 2.45. The van der Waals surface area contributed by atoms with E-state index >= 15 is 0 Å². The Labute approximate surface area is 119 Å². The molecule has 108 valence electrons. The van der Waals surface area contributed by atoms with Crippen LogP contribution in [0.1, 0.15) is 24.2 Å². The molecule has 1 aliphatic rings. The maximum Gasteiger partial charge on any atom is 0.238 e. The van der Waals surface area contributed by atoms with Gasteiger partial charge < -0.3 is 10.6 Å². The molecule has 5 nitrogen and oxygen atoms in total. The summed E-state index contributed by atoms with van der Waals surface area (Å²) in [7, 11) is 0. The number of hydrogen-bond donors (Lipinski definition) is 2. The number of amides is 1. The first kappa shape index (κ1) is 14.7. The van der Waals surface area contributed by atoms with Crippen LogP contribution in [0.15, 0.2) is 24.3 Å². The second-order valence-corrected chi connectivity index (χ2v) is 5.24. The van der Waals surface area contributed by atoms with Gasteiger partial charge in [0.05, 0.1) is 12.2 Å². The van der Waals surface area contributed by atoms with Crippen molar-refractivity contribution in [3.63, 3.8) is 0 Å². The smallest absolute Gasteiger partial charge is 0.238 e. The summed E-state index contributed by atoms with van der Waals surface area (Å²) in [5, 5.41) is 6.17. The molecule has 1 unspecified atom stereocenters. The number of benzene rings is 1.